The van der Waals surface area contributed by atoms with Crippen molar-refractivity contribution in [3.63, 3.8) is 0 Å². The number of aryl methyl sites for hydroxylation is 2. The van der Waals surface area contributed by atoms with Gasteiger partial charge in [-0.05, 0) is 91.6 Å². The summed E-state index contributed by atoms with van der Waals surface area (Å²) in [6.07, 6.45) is 7.57. The largest absolute Gasteiger partial charge is 0.507 e. The molecule has 0 unspecified atom stereocenters. The zero-order valence-electron chi connectivity index (χ0n) is 30.9. The maximum Gasteiger partial charge on any atom is 0.242 e. The number of allylic oxidation sites excluding steroid dienone is 2. The van der Waals surface area contributed by atoms with Crippen LogP contribution in [0.3, 0.4) is 0 Å². The Morgan fingerprint density at radius 1 is 0.891 bits per heavy atom. The molecule has 4 fully saturated rings. The first-order valence-electron chi connectivity index (χ1n) is 19.4. The second-order valence-corrected chi connectivity index (χ2v) is 17.9. The van der Waals surface area contributed by atoms with Crippen molar-refractivity contribution in [2.75, 3.05) is 4.90 Å². The van der Waals surface area contributed by atoms with Gasteiger partial charge in [0.05, 0.1) is 28.0 Å². The maximum atomic E-state index is 15.3. The van der Waals surface area contributed by atoms with Crippen LogP contribution in [0.15, 0.2) is 72.3 Å². The molecule has 3 aromatic carbocycles. The molecule has 55 heavy (non-hydrogen) atoms. The fourth-order valence-corrected chi connectivity index (χ4v) is 12.4. The summed E-state index contributed by atoms with van der Waals surface area (Å²) in [5.74, 6) is -3.16. The molecular weight excluding hydrogens is 732 g/mol. The molecule has 10 rings (SSSR count). The Labute approximate surface area is 327 Å². The first-order valence-corrected chi connectivity index (χ1v) is 20.6. The second-order valence-electron chi connectivity index (χ2n) is 16.4. The van der Waals surface area contributed by atoms with E-state index in [1.165, 1.54) is 4.90 Å². The molecule has 280 valence electrons. The van der Waals surface area contributed by atoms with Crippen molar-refractivity contribution in [1.29, 1.82) is 0 Å². The van der Waals surface area contributed by atoms with Crippen LogP contribution in [0.5, 0.6) is 5.75 Å². The van der Waals surface area contributed by atoms with Crippen LogP contribution in [-0.4, -0.2) is 49.5 Å². The quantitative estimate of drug-likeness (QED) is 0.145. The van der Waals surface area contributed by atoms with E-state index < -0.39 is 35.0 Å². The molecule has 5 aromatic rings. The summed E-state index contributed by atoms with van der Waals surface area (Å²) in [7, 11) is 1.75. The predicted molar refractivity (Wildman–Crippen MR) is 213 cm³/mol. The smallest absolute Gasteiger partial charge is 0.242 e. The SMILES string of the molecule is Cc1c(-c2cc(N3C(=O)[C@@H]4C[C@@H]5C(=CC[C@@H]6C(=O)N(C7CCCCC7)C(=O)[C@@H]65)[C@H](c5ccc(O)c6ccccc56)[C@]4(C)C3=O)n(C)n2)sc2ccc(Cl)cc12. The highest BCUT2D eigenvalue weighted by Crippen LogP contribution is 2.64. The number of aromatic nitrogens is 2. The number of nitrogens with zero attached hydrogens (tertiary/aromatic N) is 4. The van der Waals surface area contributed by atoms with E-state index >= 15 is 9.59 Å². The van der Waals surface area contributed by atoms with Crippen LogP contribution in [-0.2, 0) is 26.2 Å². The maximum absolute atomic E-state index is 15.3. The van der Waals surface area contributed by atoms with Crippen LogP contribution in [0.4, 0.5) is 5.82 Å². The minimum Gasteiger partial charge on any atom is -0.507 e. The number of phenols is 1. The predicted octanol–water partition coefficient (Wildman–Crippen LogP) is 8.69. The van der Waals surface area contributed by atoms with Crippen LogP contribution >= 0.6 is 22.9 Å². The zero-order valence-corrected chi connectivity index (χ0v) is 32.5. The van der Waals surface area contributed by atoms with Crippen molar-refractivity contribution in [3.05, 3.63) is 88.5 Å². The standard InChI is InChI=1S/C44H41ClN4O5S/c1-22-30-19-23(45)13-18-35(30)55-39(22)33-21-36(47(3)46-33)49-41(52)32-20-31-28(14-15-29-37(31)42(53)48(40(29)51)24-9-5-4-6-10-24)38(44(32,2)43(49)54)27-16-17-34(50)26-12-8-7-11-25(26)27/h7-8,11-14,16-19,21,24,29,31-32,37-38,50H,4-6,9-10,15,20H2,1-3H3/t29-,31+,32-,37-,38-,44+/m0/s1. The first kappa shape index (κ1) is 34.7. The number of anilines is 1. The molecule has 2 aliphatic heterocycles. The monoisotopic (exact) mass is 772 g/mol. The summed E-state index contributed by atoms with van der Waals surface area (Å²) in [6, 6.07) is 18.6. The third-order valence-corrected chi connectivity index (χ3v) is 15.2. The lowest BCUT2D eigenvalue weighted by atomic mass is 9.51. The molecule has 1 N–H and O–H groups in total. The van der Waals surface area contributed by atoms with E-state index in [4.69, 9.17) is 16.7 Å². The number of rotatable bonds is 4. The van der Waals surface area contributed by atoms with E-state index in [2.05, 4.69) is 6.08 Å². The van der Waals surface area contributed by atoms with E-state index in [1.54, 1.807) is 34.0 Å². The van der Waals surface area contributed by atoms with Gasteiger partial charge in [-0.15, -0.1) is 11.3 Å². The van der Waals surface area contributed by atoms with Crippen LogP contribution < -0.4 is 4.90 Å². The number of thiophene rings is 1. The zero-order chi connectivity index (χ0) is 38.1. The molecule has 5 aliphatic rings. The number of fused-ring (bicyclic) bond motifs is 6. The van der Waals surface area contributed by atoms with E-state index in [0.717, 1.165) is 69.2 Å². The topological polar surface area (TPSA) is 113 Å². The van der Waals surface area contributed by atoms with Gasteiger partial charge in [-0.2, -0.15) is 5.10 Å². The van der Waals surface area contributed by atoms with Crippen molar-refractivity contribution >= 4 is 73.2 Å². The van der Waals surface area contributed by atoms with Gasteiger partial charge in [0.1, 0.15) is 17.3 Å². The fourth-order valence-electron chi connectivity index (χ4n) is 11.1. The van der Waals surface area contributed by atoms with E-state index in [9.17, 15) is 14.7 Å². The number of aromatic hydroxyl groups is 1. The van der Waals surface area contributed by atoms with Crippen molar-refractivity contribution < 1.29 is 24.3 Å². The Morgan fingerprint density at radius 3 is 2.44 bits per heavy atom. The first-order chi connectivity index (χ1) is 26.5. The van der Waals surface area contributed by atoms with Gasteiger partial charge >= 0.3 is 0 Å². The third-order valence-electron chi connectivity index (χ3n) is 13.7. The number of hydrogen-bond donors (Lipinski definition) is 1. The van der Waals surface area contributed by atoms with Crippen molar-refractivity contribution in [1.82, 2.24) is 14.7 Å². The third kappa shape index (κ3) is 4.79. The molecule has 4 amide bonds. The van der Waals surface area contributed by atoms with Gasteiger partial charge < -0.3 is 5.11 Å². The van der Waals surface area contributed by atoms with E-state index in [-0.39, 0.29) is 41.8 Å². The molecule has 2 saturated carbocycles. The highest BCUT2D eigenvalue weighted by molar-refractivity contribution is 7.22. The van der Waals surface area contributed by atoms with Gasteiger partial charge in [-0.1, -0.05) is 72.8 Å². The number of carbonyl (C=O) groups is 4. The lowest BCUT2D eigenvalue weighted by molar-refractivity contribution is -0.144. The number of benzene rings is 3. The number of halogens is 1. The number of imide groups is 2. The molecule has 6 atom stereocenters. The number of likely N-dealkylation sites (tertiary alicyclic amines) is 1. The normalized spacial score (nSPS) is 28.3. The molecule has 11 heteroatoms. The van der Waals surface area contributed by atoms with Gasteiger partial charge in [0.2, 0.25) is 23.6 Å². The lowest BCUT2D eigenvalue weighted by Crippen LogP contribution is -2.49. The van der Waals surface area contributed by atoms with Crippen LogP contribution in [0.1, 0.15) is 68.9 Å². The molecule has 2 aromatic heterocycles. The number of amides is 4. The Kier molecular flexibility index (Phi) is 7.79. The van der Waals surface area contributed by atoms with Gasteiger partial charge in [0.25, 0.3) is 0 Å². The summed E-state index contributed by atoms with van der Waals surface area (Å²) in [5, 5.41) is 18.9. The molecule has 2 saturated heterocycles. The lowest BCUT2D eigenvalue weighted by Gasteiger charge is -2.49. The van der Waals surface area contributed by atoms with Gasteiger partial charge in [0.15, 0.2) is 0 Å². The fraction of sp³-hybridized carbons (Fsp3) is 0.386. The van der Waals surface area contributed by atoms with Crippen LogP contribution in [0, 0.1) is 36.0 Å². The summed E-state index contributed by atoms with van der Waals surface area (Å²) < 4.78 is 2.67. The average Bonchev–Trinajstić information content (AvgIpc) is 3.86. The average molecular weight is 773 g/mol. The summed E-state index contributed by atoms with van der Waals surface area (Å²) in [4.78, 5) is 62.9. The molecule has 0 bridgehead atoms. The Morgan fingerprint density at radius 2 is 1.65 bits per heavy atom. The molecule has 3 aliphatic carbocycles. The van der Waals surface area contributed by atoms with E-state index in [0.29, 0.717) is 28.3 Å². The van der Waals surface area contributed by atoms with Crippen molar-refractivity contribution in [3.8, 4) is 16.3 Å². The number of phenolic OH excluding ortho intramolecular Hbond substituents is 1. The minimum atomic E-state index is -1.23. The Balaban J connectivity index is 1.11. The molecular formula is C44H41ClN4O5S. The van der Waals surface area contributed by atoms with Crippen LogP contribution in [0.25, 0.3) is 31.4 Å². The minimum absolute atomic E-state index is 0.0840. The molecule has 0 radical (unpaired) electrons. The summed E-state index contributed by atoms with van der Waals surface area (Å²) in [5.41, 5.74) is 2.22. The van der Waals surface area contributed by atoms with Gasteiger partial charge in [0, 0.05) is 40.2 Å². The van der Waals surface area contributed by atoms with Crippen LogP contribution in [0.2, 0.25) is 5.02 Å². The molecule has 0 spiro atoms. The molecule has 9 nitrogen and oxygen atoms in total. The number of hydrogen-bond acceptors (Lipinski definition) is 7. The summed E-state index contributed by atoms with van der Waals surface area (Å²) >= 11 is 7.93. The number of carbonyl (C=O) groups excluding carboxylic acids is 4. The van der Waals surface area contributed by atoms with E-state index in [1.807, 2.05) is 68.4 Å². The van der Waals surface area contributed by atoms with Crippen molar-refractivity contribution in [2.24, 2.45) is 36.1 Å². The van der Waals surface area contributed by atoms with Crippen molar-refractivity contribution in [2.45, 2.75) is 70.8 Å². The van der Waals surface area contributed by atoms with Gasteiger partial charge in [-0.3, -0.25) is 28.8 Å². The highest BCUT2D eigenvalue weighted by Gasteiger charge is 2.68. The molecule has 4 heterocycles. The Hall–Kier alpha value is -4.80. The summed E-state index contributed by atoms with van der Waals surface area (Å²) in [6.45, 7) is 3.93. The van der Waals surface area contributed by atoms with Gasteiger partial charge in [-0.25, -0.2) is 4.90 Å². The Bertz CT molecular complexity index is 2550. The second kappa shape index (κ2) is 12.4. The highest BCUT2D eigenvalue weighted by atomic mass is 35.5.